The van der Waals surface area contributed by atoms with E-state index in [1.54, 1.807) is 35.2 Å². The highest BCUT2D eigenvalue weighted by molar-refractivity contribution is 7.89. The van der Waals surface area contributed by atoms with Gasteiger partial charge in [-0.05, 0) is 49.6 Å². The fourth-order valence-corrected chi connectivity index (χ4v) is 5.48. The third-order valence-corrected chi connectivity index (χ3v) is 7.39. The molecule has 0 aliphatic carbocycles. The van der Waals surface area contributed by atoms with E-state index >= 15 is 0 Å². The number of aromatic nitrogens is 2. The van der Waals surface area contributed by atoms with Crippen molar-refractivity contribution in [3.05, 3.63) is 69.7 Å². The van der Waals surface area contributed by atoms with Gasteiger partial charge in [0.25, 0.3) is 5.56 Å². The third kappa shape index (κ3) is 3.34. The molecule has 1 aromatic heterocycles. The van der Waals surface area contributed by atoms with E-state index in [0.717, 1.165) is 5.56 Å². The molecule has 1 aliphatic heterocycles. The Morgan fingerprint density at radius 3 is 2.54 bits per heavy atom. The molecule has 2 heterocycles. The highest BCUT2D eigenvalue weighted by Crippen LogP contribution is 2.27. The Kier molecular flexibility index (Phi) is 4.99. The van der Waals surface area contributed by atoms with Gasteiger partial charge in [0.05, 0.1) is 22.1 Å². The van der Waals surface area contributed by atoms with Crippen molar-refractivity contribution in [2.24, 2.45) is 0 Å². The van der Waals surface area contributed by atoms with Gasteiger partial charge in [0.1, 0.15) is 0 Å². The zero-order valence-electron chi connectivity index (χ0n) is 15.4. The molecule has 0 amide bonds. The van der Waals surface area contributed by atoms with Crippen LogP contribution in [0, 0.1) is 6.92 Å². The maximum Gasteiger partial charge on any atom is 0.261 e. The van der Waals surface area contributed by atoms with Crippen molar-refractivity contribution >= 4 is 32.5 Å². The maximum absolute atomic E-state index is 12.9. The summed E-state index contributed by atoms with van der Waals surface area (Å²) in [5.41, 5.74) is 1.60. The second kappa shape index (κ2) is 7.31. The molecule has 4 rings (SSSR count). The molecule has 0 N–H and O–H groups in total. The molecule has 8 heteroatoms. The minimum atomic E-state index is -3.59. The van der Waals surface area contributed by atoms with E-state index in [9.17, 15) is 13.2 Å². The summed E-state index contributed by atoms with van der Waals surface area (Å²) in [5, 5.41) is 0.983. The molecule has 0 saturated carbocycles. The number of rotatable bonds is 3. The van der Waals surface area contributed by atoms with Crippen molar-refractivity contribution < 1.29 is 8.42 Å². The van der Waals surface area contributed by atoms with Gasteiger partial charge in [-0.1, -0.05) is 29.8 Å². The van der Waals surface area contributed by atoms with Crippen LogP contribution in [0.5, 0.6) is 0 Å². The van der Waals surface area contributed by atoms with E-state index in [2.05, 4.69) is 4.98 Å². The molecule has 0 radical (unpaired) electrons. The van der Waals surface area contributed by atoms with Crippen molar-refractivity contribution in [1.29, 1.82) is 0 Å². The van der Waals surface area contributed by atoms with Crippen LogP contribution in [0.4, 0.5) is 0 Å². The van der Waals surface area contributed by atoms with Crippen LogP contribution in [0.25, 0.3) is 10.9 Å². The Morgan fingerprint density at radius 1 is 1.11 bits per heavy atom. The summed E-state index contributed by atoms with van der Waals surface area (Å²) in [6.45, 7) is 2.62. The molecule has 6 nitrogen and oxygen atoms in total. The van der Waals surface area contributed by atoms with Gasteiger partial charge in [-0.25, -0.2) is 13.4 Å². The van der Waals surface area contributed by atoms with E-state index in [0.29, 0.717) is 41.9 Å². The Hall–Kier alpha value is -2.22. The standard InChI is InChI=1S/C20H20ClN3O3S/c1-14-4-2-7-18-19(14)22-13-24(20(18)25)16-8-10-23(11-9-16)28(26,27)17-6-3-5-15(21)12-17/h2-7,12-13,16H,8-11H2,1H3. The van der Waals surface area contributed by atoms with Crippen LogP contribution < -0.4 is 5.56 Å². The van der Waals surface area contributed by atoms with Crippen LogP contribution in [0.2, 0.25) is 5.02 Å². The normalized spacial score (nSPS) is 16.5. The molecule has 28 heavy (non-hydrogen) atoms. The van der Waals surface area contributed by atoms with Crippen LogP contribution in [0.3, 0.4) is 0 Å². The first-order valence-electron chi connectivity index (χ1n) is 9.10. The highest BCUT2D eigenvalue weighted by Gasteiger charge is 2.30. The minimum absolute atomic E-state index is 0.0734. The first-order valence-corrected chi connectivity index (χ1v) is 10.9. The first-order chi connectivity index (χ1) is 13.4. The topological polar surface area (TPSA) is 72.3 Å². The van der Waals surface area contributed by atoms with E-state index in [1.807, 2.05) is 19.1 Å². The molecule has 1 saturated heterocycles. The molecule has 1 aliphatic rings. The largest absolute Gasteiger partial charge is 0.296 e. The number of halogens is 1. The SMILES string of the molecule is Cc1cccc2c(=O)n(C3CCN(S(=O)(=O)c4cccc(Cl)c4)CC3)cnc12. The summed E-state index contributed by atoms with van der Waals surface area (Å²) in [6, 6.07) is 11.8. The molecule has 2 aromatic carbocycles. The van der Waals surface area contributed by atoms with Crippen LogP contribution in [0.15, 0.2) is 58.5 Å². The van der Waals surface area contributed by atoms with Gasteiger partial charge in [-0.15, -0.1) is 0 Å². The second-order valence-corrected chi connectivity index (χ2v) is 9.40. The Labute approximate surface area is 168 Å². The van der Waals surface area contributed by atoms with Crippen molar-refractivity contribution in [1.82, 2.24) is 13.9 Å². The van der Waals surface area contributed by atoms with E-state index in [1.165, 1.54) is 10.4 Å². The average Bonchev–Trinajstić information content (AvgIpc) is 2.69. The van der Waals surface area contributed by atoms with Gasteiger partial charge in [-0.3, -0.25) is 9.36 Å². The molecule has 0 spiro atoms. The number of hydrogen-bond acceptors (Lipinski definition) is 4. The minimum Gasteiger partial charge on any atom is -0.296 e. The molecule has 0 atom stereocenters. The lowest BCUT2D eigenvalue weighted by Gasteiger charge is -2.32. The number of benzene rings is 2. The number of sulfonamides is 1. The maximum atomic E-state index is 12.9. The number of hydrogen-bond donors (Lipinski definition) is 0. The Morgan fingerprint density at radius 2 is 1.82 bits per heavy atom. The molecular weight excluding hydrogens is 398 g/mol. The van der Waals surface area contributed by atoms with Crippen molar-refractivity contribution in [2.75, 3.05) is 13.1 Å². The van der Waals surface area contributed by atoms with Crippen molar-refractivity contribution in [3.8, 4) is 0 Å². The Bertz CT molecular complexity index is 1200. The summed E-state index contributed by atoms with van der Waals surface area (Å²) in [4.78, 5) is 17.5. The molecular formula is C20H20ClN3O3S. The molecule has 0 bridgehead atoms. The molecule has 0 unspecified atom stereocenters. The monoisotopic (exact) mass is 417 g/mol. The molecule has 146 valence electrons. The fraction of sp³-hybridized carbons (Fsp3) is 0.300. The van der Waals surface area contributed by atoms with Crippen LogP contribution >= 0.6 is 11.6 Å². The molecule has 3 aromatic rings. The Balaban J connectivity index is 1.57. The zero-order chi connectivity index (χ0) is 19.9. The van der Waals surface area contributed by atoms with E-state index in [-0.39, 0.29) is 16.5 Å². The highest BCUT2D eigenvalue weighted by atomic mass is 35.5. The fourth-order valence-electron chi connectivity index (χ4n) is 3.71. The number of para-hydroxylation sites is 1. The quantitative estimate of drug-likeness (QED) is 0.654. The average molecular weight is 418 g/mol. The summed E-state index contributed by atoms with van der Waals surface area (Å²) in [6.07, 6.45) is 2.70. The van der Waals surface area contributed by atoms with Gasteiger partial charge < -0.3 is 0 Å². The summed E-state index contributed by atoms with van der Waals surface area (Å²) in [5.74, 6) is 0. The van der Waals surface area contributed by atoms with Crippen molar-refractivity contribution in [3.63, 3.8) is 0 Å². The number of fused-ring (bicyclic) bond motifs is 1. The predicted octanol–water partition coefficient (Wildman–Crippen LogP) is 3.38. The van der Waals surface area contributed by atoms with Gasteiger partial charge >= 0.3 is 0 Å². The van der Waals surface area contributed by atoms with Gasteiger partial charge in [0.15, 0.2) is 0 Å². The first kappa shape index (κ1) is 19.1. The summed E-state index contributed by atoms with van der Waals surface area (Å²) < 4.78 is 28.8. The van der Waals surface area contributed by atoms with E-state index in [4.69, 9.17) is 11.6 Å². The van der Waals surface area contributed by atoms with Crippen molar-refractivity contribution in [2.45, 2.75) is 30.7 Å². The number of aryl methyl sites for hydroxylation is 1. The second-order valence-electron chi connectivity index (χ2n) is 7.02. The summed E-state index contributed by atoms with van der Waals surface area (Å²) >= 11 is 5.94. The van der Waals surface area contributed by atoms with Crippen LogP contribution in [-0.2, 0) is 10.0 Å². The molecule has 1 fully saturated rings. The smallest absolute Gasteiger partial charge is 0.261 e. The zero-order valence-corrected chi connectivity index (χ0v) is 16.9. The van der Waals surface area contributed by atoms with Gasteiger partial charge in [-0.2, -0.15) is 4.31 Å². The van der Waals surface area contributed by atoms with Gasteiger partial charge in [0, 0.05) is 24.2 Å². The number of nitrogens with zero attached hydrogens (tertiary/aromatic N) is 3. The number of piperidine rings is 1. The third-order valence-electron chi connectivity index (χ3n) is 5.26. The van der Waals surface area contributed by atoms with Gasteiger partial charge in [0.2, 0.25) is 10.0 Å². The van der Waals surface area contributed by atoms with Crippen LogP contribution in [-0.4, -0.2) is 35.4 Å². The van der Waals surface area contributed by atoms with Crippen LogP contribution in [0.1, 0.15) is 24.4 Å². The predicted molar refractivity (Wildman–Crippen MR) is 109 cm³/mol. The van der Waals surface area contributed by atoms with E-state index < -0.39 is 10.0 Å². The summed E-state index contributed by atoms with van der Waals surface area (Å²) in [7, 11) is -3.59. The lowest BCUT2D eigenvalue weighted by atomic mass is 10.1. The lowest BCUT2D eigenvalue weighted by molar-refractivity contribution is 0.269. The lowest BCUT2D eigenvalue weighted by Crippen LogP contribution is -2.40.